The van der Waals surface area contributed by atoms with Crippen molar-refractivity contribution in [1.82, 2.24) is 24.8 Å². The van der Waals surface area contributed by atoms with Gasteiger partial charge < -0.3 is 14.2 Å². The van der Waals surface area contributed by atoms with Gasteiger partial charge in [0.25, 0.3) is 0 Å². The maximum atomic E-state index is 13.2. The second kappa shape index (κ2) is 8.45. The van der Waals surface area contributed by atoms with Crippen molar-refractivity contribution < 1.29 is 14.1 Å². The molecule has 0 N–H and O–H groups in total. The molecule has 5 rings (SSSR count). The first-order chi connectivity index (χ1) is 14.7. The second-order valence-electron chi connectivity index (χ2n) is 8.63. The third-order valence-corrected chi connectivity index (χ3v) is 6.69. The highest BCUT2D eigenvalue weighted by Gasteiger charge is 2.50. The zero-order valence-corrected chi connectivity index (χ0v) is 17.3. The summed E-state index contributed by atoms with van der Waals surface area (Å²) in [5.41, 5.74) is 1.35. The predicted molar refractivity (Wildman–Crippen MR) is 111 cm³/mol. The molecule has 3 fully saturated rings. The van der Waals surface area contributed by atoms with Crippen molar-refractivity contribution in [3.8, 4) is 11.4 Å². The Morgan fingerprint density at radius 1 is 1.00 bits per heavy atom. The monoisotopic (exact) mass is 411 g/mol. The van der Waals surface area contributed by atoms with Crippen molar-refractivity contribution in [2.75, 3.05) is 59.0 Å². The maximum Gasteiger partial charge on any atom is 0.230 e. The van der Waals surface area contributed by atoms with E-state index < -0.39 is 0 Å². The van der Waals surface area contributed by atoms with E-state index >= 15 is 0 Å². The summed E-state index contributed by atoms with van der Waals surface area (Å²) in [6, 6.07) is 7.71. The highest BCUT2D eigenvalue weighted by molar-refractivity contribution is 5.85. The van der Waals surface area contributed by atoms with Crippen molar-refractivity contribution in [3.63, 3.8) is 0 Å². The molecule has 2 aromatic rings. The van der Waals surface area contributed by atoms with Gasteiger partial charge in [-0.25, -0.2) is 0 Å². The van der Waals surface area contributed by atoms with Crippen molar-refractivity contribution in [2.24, 2.45) is 5.41 Å². The number of aromatic nitrogens is 2. The molecule has 3 aliphatic heterocycles. The minimum Gasteiger partial charge on any atom is -0.379 e. The third kappa shape index (κ3) is 3.99. The first kappa shape index (κ1) is 19.7. The lowest BCUT2D eigenvalue weighted by Crippen LogP contribution is -2.43. The van der Waals surface area contributed by atoms with Crippen LogP contribution in [-0.4, -0.2) is 89.8 Å². The lowest BCUT2D eigenvalue weighted by molar-refractivity contribution is -0.135. The quantitative estimate of drug-likeness (QED) is 0.713. The van der Waals surface area contributed by atoms with Crippen LogP contribution in [0, 0.1) is 5.41 Å². The third-order valence-electron chi connectivity index (χ3n) is 6.69. The van der Waals surface area contributed by atoms with Crippen molar-refractivity contribution in [1.29, 1.82) is 0 Å². The van der Waals surface area contributed by atoms with Crippen molar-refractivity contribution in [2.45, 2.75) is 19.4 Å². The number of hydrogen-bond donors (Lipinski definition) is 0. The van der Waals surface area contributed by atoms with E-state index in [9.17, 15) is 4.79 Å². The molecule has 0 aliphatic carbocycles. The molecule has 0 aromatic carbocycles. The number of amides is 1. The normalized spacial score (nSPS) is 25.6. The highest BCUT2D eigenvalue weighted by atomic mass is 16.5. The van der Waals surface area contributed by atoms with Gasteiger partial charge in [-0.3, -0.25) is 19.6 Å². The number of carbonyl (C=O) groups is 1. The van der Waals surface area contributed by atoms with Gasteiger partial charge in [-0.05, 0) is 31.5 Å². The molecule has 2 aromatic heterocycles. The van der Waals surface area contributed by atoms with E-state index in [1.165, 1.54) is 0 Å². The molecule has 1 unspecified atom stereocenters. The molecule has 8 nitrogen and oxygen atoms in total. The van der Waals surface area contributed by atoms with Gasteiger partial charge >= 0.3 is 0 Å². The van der Waals surface area contributed by atoms with E-state index in [0.29, 0.717) is 12.5 Å². The van der Waals surface area contributed by atoms with E-state index in [-0.39, 0.29) is 5.41 Å². The molecule has 8 heteroatoms. The molecule has 0 radical (unpaired) electrons. The van der Waals surface area contributed by atoms with E-state index in [1.807, 2.05) is 24.3 Å². The molecule has 1 spiro atoms. The van der Waals surface area contributed by atoms with Crippen LogP contribution in [0.1, 0.15) is 18.6 Å². The highest BCUT2D eigenvalue weighted by Crippen LogP contribution is 2.41. The van der Waals surface area contributed by atoms with Crippen molar-refractivity contribution in [3.05, 3.63) is 36.2 Å². The summed E-state index contributed by atoms with van der Waals surface area (Å²) < 4.78 is 11.0. The summed E-state index contributed by atoms with van der Waals surface area (Å²) in [6.07, 6.45) is 3.65. The number of carbonyl (C=O) groups excluding carboxylic acids is 1. The summed E-state index contributed by atoms with van der Waals surface area (Å²) in [6.45, 7) is 8.61. The Morgan fingerprint density at radius 2 is 1.87 bits per heavy atom. The second-order valence-corrected chi connectivity index (χ2v) is 8.63. The Kier molecular flexibility index (Phi) is 5.54. The van der Waals surface area contributed by atoms with E-state index in [1.54, 1.807) is 6.20 Å². The van der Waals surface area contributed by atoms with Gasteiger partial charge in [-0.2, -0.15) is 0 Å². The predicted octanol–water partition coefficient (Wildman–Crippen LogP) is 1.49. The average Bonchev–Trinajstić information content (AvgIpc) is 3.50. The zero-order chi connectivity index (χ0) is 20.4. The van der Waals surface area contributed by atoms with Crippen LogP contribution in [-0.2, 0) is 16.1 Å². The Balaban J connectivity index is 1.15. The van der Waals surface area contributed by atoms with Gasteiger partial charge in [0.2, 0.25) is 5.91 Å². The molecule has 5 heterocycles. The van der Waals surface area contributed by atoms with Crippen LogP contribution in [0.2, 0.25) is 0 Å². The lowest BCUT2D eigenvalue weighted by atomic mass is 9.85. The number of ether oxygens (including phenoxy) is 1. The molecule has 0 bridgehead atoms. The Bertz CT molecular complexity index is 867. The molecule has 0 saturated carbocycles. The fraction of sp³-hybridized carbons (Fsp3) is 0.591. The van der Waals surface area contributed by atoms with Crippen LogP contribution in [0.15, 0.2) is 35.0 Å². The van der Waals surface area contributed by atoms with Gasteiger partial charge in [0.05, 0.1) is 30.9 Å². The number of hydrogen-bond acceptors (Lipinski definition) is 7. The standard InChI is InChI=1S/C22H29N5O3/c28-21-22(5-8-27(21)10-9-25-11-13-29-14-12-25)4-7-26(17-22)16-18-15-20(24-30-18)19-3-1-2-6-23-19/h1-3,6,15H,4-5,7-14,16-17H2. The maximum absolute atomic E-state index is 13.2. The van der Waals surface area contributed by atoms with Gasteiger partial charge in [-0.1, -0.05) is 11.2 Å². The number of nitrogens with zero attached hydrogens (tertiary/aromatic N) is 5. The Labute approximate surface area is 176 Å². The lowest BCUT2D eigenvalue weighted by Gasteiger charge is -2.29. The van der Waals surface area contributed by atoms with Crippen LogP contribution in [0.25, 0.3) is 11.4 Å². The molecule has 1 atom stereocenters. The number of rotatable bonds is 6. The topological polar surface area (TPSA) is 74.9 Å². The molecular weight excluding hydrogens is 382 g/mol. The Hall–Kier alpha value is -2.29. The fourth-order valence-electron chi connectivity index (χ4n) is 4.91. The van der Waals surface area contributed by atoms with Crippen LogP contribution in [0.4, 0.5) is 0 Å². The molecular formula is C22H29N5O3. The Morgan fingerprint density at radius 3 is 2.70 bits per heavy atom. The summed E-state index contributed by atoms with van der Waals surface area (Å²) in [5.74, 6) is 1.16. The van der Waals surface area contributed by atoms with Crippen LogP contribution < -0.4 is 0 Å². The number of likely N-dealkylation sites (tertiary alicyclic amines) is 2. The van der Waals surface area contributed by atoms with Crippen LogP contribution in [0.5, 0.6) is 0 Å². The fourth-order valence-corrected chi connectivity index (χ4v) is 4.91. The smallest absolute Gasteiger partial charge is 0.230 e. The first-order valence-corrected chi connectivity index (χ1v) is 10.9. The first-order valence-electron chi connectivity index (χ1n) is 10.9. The largest absolute Gasteiger partial charge is 0.379 e. The van der Waals surface area contributed by atoms with E-state index in [2.05, 4.69) is 24.8 Å². The number of morpholine rings is 1. The molecule has 3 saturated heterocycles. The molecule has 160 valence electrons. The molecule has 1 amide bonds. The molecule has 30 heavy (non-hydrogen) atoms. The van der Waals surface area contributed by atoms with Crippen LogP contribution in [0.3, 0.4) is 0 Å². The van der Waals surface area contributed by atoms with Crippen LogP contribution >= 0.6 is 0 Å². The zero-order valence-electron chi connectivity index (χ0n) is 17.3. The average molecular weight is 412 g/mol. The van der Waals surface area contributed by atoms with E-state index in [4.69, 9.17) is 9.26 Å². The van der Waals surface area contributed by atoms with Crippen molar-refractivity contribution >= 4 is 5.91 Å². The summed E-state index contributed by atoms with van der Waals surface area (Å²) in [4.78, 5) is 24.3. The van der Waals surface area contributed by atoms with Gasteiger partial charge in [0, 0.05) is 51.5 Å². The van der Waals surface area contributed by atoms with E-state index in [0.717, 1.165) is 89.0 Å². The van der Waals surface area contributed by atoms with Gasteiger partial charge in [0.1, 0.15) is 5.69 Å². The van der Waals surface area contributed by atoms with Gasteiger partial charge in [-0.15, -0.1) is 0 Å². The van der Waals surface area contributed by atoms with Gasteiger partial charge in [0.15, 0.2) is 5.76 Å². The minimum atomic E-state index is -0.213. The SMILES string of the molecule is O=C1N(CCN2CCOCC2)CCC12CCN(Cc1cc(-c3ccccn3)no1)C2. The summed E-state index contributed by atoms with van der Waals surface area (Å²) >= 11 is 0. The summed E-state index contributed by atoms with van der Waals surface area (Å²) in [7, 11) is 0. The number of pyridine rings is 1. The summed E-state index contributed by atoms with van der Waals surface area (Å²) in [5, 5.41) is 4.16. The minimum absolute atomic E-state index is 0.213. The molecule has 3 aliphatic rings.